The van der Waals surface area contributed by atoms with Gasteiger partial charge >= 0.3 is 0 Å². The largest absolute Gasteiger partial charge is 0.345 e. The number of nitrogens with zero attached hydrogens (tertiary/aromatic N) is 2. The summed E-state index contributed by atoms with van der Waals surface area (Å²) in [5.41, 5.74) is 0.542. The molecule has 0 aliphatic carbocycles. The second kappa shape index (κ2) is 1.55. The summed E-state index contributed by atoms with van der Waals surface area (Å²) in [6.07, 6.45) is 3.86. The average Bonchev–Trinajstić information content (AvgIpc) is 2.14. The van der Waals surface area contributed by atoms with E-state index in [0.717, 1.165) is 0 Å². The molecule has 3 heteroatoms. The Morgan fingerprint density at radius 3 is 3.00 bits per heavy atom. The first kappa shape index (κ1) is 4.05. The van der Waals surface area contributed by atoms with Gasteiger partial charge in [0.25, 0.3) is 0 Å². The highest BCUT2D eigenvalue weighted by Gasteiger charge is 1.84. The van der Waals surface area contributed by atoms with Crippen molar-refractivity contribution in [2.45, 2.75) is 0 Å². The van der Waals surface area contributed by atoms with Crippen LogP contribution in [-0.4, -0.2) is 10.4 Å². The quantitative estimate of drug-likeness (QED) is 0.507. The van der Waals surface area contributed by atoms with E-state index in [9.17, 15) is 0 Å². The van der Waals surface area contributed by atoms with Gasteiger partial charge in [-0.2, -0.15) is 0 Å². The van der Waals surface area contributed by atoms with Crippen LogP contribution in [0, 0.1) is 6.08 Å². The predicted molar refractivity (Wildman–Crippen MR) is 22.3 cm³/mol. The Hall–Kier alpha value is -1.12. The zero-order valence-corrected chi connectivity index (χ0v) is 3.59. The lowest BCUT2D eigenvalue weighted by Crippen LogP contribution is -1.68. The zero-order chi connectivity index (χ0) is 5.11. The van der Waals surface area contributed by atoms with Crippen LogP contribution >= 0.6 is 0 Å². The molecule has 0 spiro atoms. The van der Waals surface area contributed by atoms with Crippen molar-refractivity contribution in [1.29, 1.82) is 0 Å². The van der Waals surface area contributed by atoms with E-state index in [0.29, 0.717) is 5.69 Å². The lowest BCUT2D eigenvalue weighted by molar-refractivity contribution is 0.393. The van der Waals surface area contributed by atoms with Gasteiger partial charge in [-0.15, -0.1) is 5.10 Å². The summed E-state index contributed by atoms with van der Waals surface area (Å²) in [5, 5.41) is 6.61. The molecule has 1 rings (SSSR count). The fourth-order valence-corrected chi connectivity index (χ4v) is 0.242. The third-order valence-corrected chi connectivity index (χ3v) is 0.541. The predicted octanol–water partition coefficient (Wildman–Crippen LogP) is 0.407. The molecule has 0 N–H and O–H groups in total. The van der Waals surface area contributed by atoms with Crippen molar-refractivity contribution >= 4 is 0 Å². The highest BCUT2D eigenvalue weighted by atomic mass is 16.5. The molecule has 3 nitrogen and oxygen atoms in total. The maximum absolute atomic E-state index is 4.34. The topological polar surface area (TPSA) is 38.9 Å². The lowest BCUT2D eigenvalue weighted by atomic mass is 10.5. The van der Waals surface area contributed by atoms with Crippen LogP contribution in [-0.2, 0) is 0 Å². The molecule has 0 amide bonds. The fourth-order valence-electron chi connectivity index (χ4n) is 0.242. The first-order chi connectivity index (χ1) is 3.43. The van der Waals surface area contributed by atoms with E-state index < -0.39 is 0 Å². The smallest absolute Gasteiger partial charge is 0.152 e. The molecule has 0 saturated carbocycles. The highest BCUT2D eigenvalue weighted by molar-refractivity contribution is 4.98. The SMILES string of the molecule is C=[C]c1conn1. The van der Waals surface area contributed by atoms with Gasteiger partial charge < -0.3 is 4.52 Å². The van der Waals surface area contributed by atoms with Gasteiger partial charge in [0.15, 0.2) is 6.26 Å². The molecule has 0 unspecified atom stereocenters. The van der Waals surface area contributed by atoms with Crippen LogP contribution in [0.1, 0.15) is 5.69 Å². The molecule has 1 radical (unpaired) electrons. The molecule has 35 valence electrons. The summed E-state index contributed by atoms with van der Waals surface area (Å²) < 4.78 is 4.34. The second-order valence-corrected chi connectivity index (χ2v) is 0.967. The van der Waals surface area contributed by atoms with Gasteiger partial charge in [-0.25, -0.2) is 0 Å². The van der Waals surface area contributed by atoms with E-state index in [1.54, 1.807) is 0 Å². The van der Waals surface area contributed by atoms with Crippen molar-refractivity contribution in [3.63, 3.8) is 0 Å². The summed E-state index contributed by atoms with van der Waals surface area (Å²) in [6.45, 7) is 3.32. The van der Waals surface area contributed by atoms with E-state index in [1.165, 1.54) is 6.26 Å². The van der Waals surface area contributed by atoms with Crippen LogP contribution in [0.2, 0.25) is 0 Å². The Labute approximate surface area is 40.6 Å². The molecule has 0 aromatic carbocycles. The van der Waals surface area contributed by atoms with Crippen LogP contribution in [0.25, 0.3) is 0 Å². The van der Waals surface area contributed by atoms with Crippen molar-refractivity contribution < 1.29 is 4.52 Å². The summed E-state index contributed by atoms with van der Waals surface area (Å²) in [4.78, 5) is 0. The summed E-state index contributed by atoms with van der Waals surface area (Å²) >= 11 is 0. The third kappa shape index (κ3) is 0.652. The molecule has 1 aromatic rings. The fraction of sp³-hybridized carbons (Fsp3) is 0. The molecule has 0 aliphatic rings. The van der Waals surface area contributed by atoms with Gasteiger partial charge in [0, 0.05) is 11.3 Å². The minimum Gasteiger partial charge on any atom is -0.345 e. The van der Waals surface area contributed by atoms with Gasteiger partial charge in [-0.05, 0) is 0 Å². The molecule has 0 fully saturated rings. The molecule has 7 heavy (non-hydrogen) atoms. The van der Waals surface area contributed by atoms with E-state index in [1.807, 2.05) is 0 Å². The number of hydrogen-bond acceptors (Lipinski definition) is 3. The van der Waals surface area contributed by atoms with E-state index >= 15 is 0 Å². The summed E-state index contributed by atoms with van der Waals surface area (Å²) in [5.74, 6) is 0. The maximum atomic E-state index is 4.34. The van der Waals surface area contributed by atoms with Crippen molar-refractivity contribution in [2.75, 3.05) is 0 Å². The lowest BCUT2D eigenvalue weighted by Gasteiger charge is -1.62. The van der Waals surface area contributed by atoms with Crippen LogP contribution < -0.4 is 0 Å². The monoisotopic (exact) mass is 95.0 g/mol. The van der Waals surface area contributed by atoms with Crippen molar-refractivity contribution in [3.8, 4) is 0 Å². The Morgan fingerprint density at radius 2 is 2.71 bits per heavy atom. The minimum atomic E-state index is 0.542. The van der Waals surface area contributed by atoms with Crippen molar-refractivity contribution in [3.05, 3.63) is 24.6 Å². The first-order valence-corrected chi connectivity index (χ1v) is 1.73. The van der Waals surface area contributed by atoms with Gasteiger partial charge in [0.05, 0.1) is 0 Å². The van der Waals surface area contributed by atoms with Crippen LogP contribution in [0.3, 0.4) is 0 Å². The van der Waals surface area contributed by atoms with E-state index in [2.05, 4.69) is 27.5 Å². The second-order valence-electron chi connectivity index (χ2n) is 0.967. The summed E-state index contributed by atoms with van der Waals surface area (Å²) in [6, 6.07) is 0. The molecule has 0 atom stereocenters. The Balaban J connectivity index is 2.96. The molecule has 1 aromatic heterocycles. The van der Waals surface area contributed by atoms with Crippen LogP contribution in [0.15, 0.2) is 17.4 Å². The Morgan fingerprint density at radius 1 is 1.86 bits per heavy atom. The molecule has 0 aliphatic heterocycles. The van der Waals surface area contributed by atoms with Gasteiger partial charge in [-0.1, -0.05) is 6.58 Å². The van der Waals surface area contributed by atoms with Gasteiger partial charge in [0.2, 0.25) is 0 Å². The average molecular weight is 95.1 g/mol. The minimum absolute atomic E-state index is 0.542. The number of hydrogen-bond donors (Lipinski definition) is 0. The van der Waals surface area contributed by atoms with Crippen LogP contribution in [0.5, 0.6) is 0 Å². The van der Waals surface area contributed by atoms with E-state index in [-0.39, 0.29) is 0 Å². The summed E-state index contributed by atoms with van der Waals surface area (Å²) in [7, 11) is 0. The van der Waals surface area contributed by atoms with Crippen LogP contribution in [0.4, 0.5) is 0 Å². The standard InChI is InChI=1S/C4H3N2O/c1-2-4-3-7-6-5-4/h3H,1H2. The van der Waals surface area contributed by atoms with Gasteiger partial charge in [0.1, 0.15) is 5.69 Å². The van der Waals surface area contributed by atoms with E-state index in [4.69, 9.17) is 0 Å². The Bertz CT molecular complexity index is 145. The third-order valence-electron chi connectivity index (χ3n) is 0.541. The number of rotatable bonds is 1. The molecule has 1 heterocycles. The van der Waals surface area contributed by atoms with Crippen molar-refractivity contribution in [1.82, 2.24) is 10.4 Å². The highest BCUT2D eigenvalue weighted by Crippen LogP contribution is 1.86. The Kier molecular flexibility index (Phi) is 0.898. The normalized spacial score (nSPS) is 8.57. The number of aromatic nitrogens is 2. The van der Waals surface area contributed by atoms with Crippen molar-refractivity contribution in [2.24, 2.45) is 0 Å². The molecule has 0 saturated heterocycles. The molecular formula is C4H3N2O. The zero-order valence-electron chi connectivity index (χ0n) is 3.59. The molecule has 0 bridgehead atoms. The molecular weight excluding hydrogens is 92.1 g/mol. The first-order valence-electron chi connectivity index (χ1n) is 1.73. The maximum Gasteiger partial charge on any atom is 0.152 e. The van der Waals surface area contributed by atoms with Gasteiger partial charge in [-0.3, -0.25) is 0 Å².